The summed E-state index contributed by atoms with van der Waals surface area (Å²) in [5, 5.41) is 35.9. The molecule has 4 bridgehead atoms. The predicted molar refractivity (Wildman–Crippen MR) is 117 cm³/mol. The van der Waals surface area contributed by atoms with Crippen LogP contribution in [0.15, 0.2) is 11.1 Å². The Balaban J connectivity index is 1.87. The number of allylic oxidation sites excluding steroid dienone is 1. The van der Waals surface area contributed by atoms with Crippen LogP contribution in [0.4, 0.5) is 0 Å². The summed E-state index contributed by atoms with van der Waals surface area (Å²) >= 11 is 0. The largest absolute Gasteiger partial charge is 0.454 e. The first-order chi connectivity index (χ1) is 15.5. The van der Waals surface area contributed by atoms with E-state index in [1.54, 1.807) is 41.5 Å². The molecule has 4 fully saturated rings. The highest BCUT2D eigenvalue weighted by Gasteiger charge is 2.78. The molecule has 0 aromatic rings. The normalized spacial score (nSPS) is 50.8. The average molecular weight is 481 g/mol. The lowest BCUT2D eigenvalue weighted by molar-refractivity contribution is -0.357. The third-order valence-electron chi connectivity index (χ3n) is 9.54. The molecule has 2 saturated heterocycles. The Morgan fingerprint density at radius 3 is 2.26 bits per heavy atom. The summed E-state index contributed by atoms with van der Waals surface area (Å²) in [6, 6.07) is 0. The molecule has 190 valence electrons. The molecule has 0 unspecified atom stereocenters. The van der Waals surface area contributed by atoms with Gasteiger partial charge in [0.15, 0.2) is 17.2 Å². The number of ether oxygens (including phenoxy) is 4. The van der Waals surface area contributed by atoms with E-state index in [9.17, 15) is 24.9 Å². The van der Waals surface area contributed by atoms with Crippen LogP contribution in [-0.4, -0.2) is 81.2 Å². The molecule has 0 aromatic carbocycles. The van der Waals surface area contributed by atoms with Gasteiger partial charge in [-0.25, -0.2) is 0 Å². The molecular weight excluding hydrogens is 444 g/mol. The number of hydrogen-bond acceptors (Lipinski definition) is 9. The van der Waals surface area contributed by atoms with Gasteiger partial charge < -0.3 is 34.3 Å². The number of aliphatic hydroxyl groups excluding tert-OH is 2. The molecule has 5 rings (SSSR count). The maximum absolute atomic E-state index is 13.2. The molecule has 2 heterocycles. The van der Waals surface area contributed by atoms with Gasteiger partial charge in [-0.05, 0) is 31.9 Å². The minimum Gasteiger partial charge on any atom is -0.454 e. The van der Waals surface area contributed by atoms with Crippen LogP contribution >= 0.6 is 0 Å². The van der Waals surface area contributed by atoms with E-state index in [-0.39, 0.29) is 25.2 Å². The van der Waals surface area contributed by atoms with Crippen LogP contribution in [0.2, 0.25) is 0 Å². The van der Waals surface area contributed by atoms with Crippen molar-refractivity contribution in [3.8, 4) is 0 Å². The van der Waals surface area contributed by atoms with Gasteiger partial charge in [0.05, 0.1) is 24.9 Å². The van der Waals surface area contributed by atoms with Crippen molar-refractivity contribution in [1.82, 2.24) is 0 Å². The number of Topliss-reactive ketones (excluding diaryl/α,β-unsaturated/α-hetero) is 1. The smallest absolute Gasteiger partial charge is 0.303 e. The van der Waals surface area contributed by atoms with Crippen molar-refractivity contribution in [1.29, 1.82) is 0 Å². The molecule has 9 atom stereocenters. The highest BCUT2D eigenvalue weighted by Crippen LogP contribution is 2.66. The Bertz CT molecular complexity index is 985. The minimum atomic E-state index is -1.79. The van der Waals surface area contributed by atoms with Crippen molar-refractivity contribution < 1.29 is 43.9 Å². The fourth-order valence-electron chi connectivity index (χ4n) is 7.75. The number of hydrogen-bond donors (Lipinski definition) is 3. The van der Waals surface area contributed by atoms with Crippen LogP contribution in [0.3, 0.4) is 0 Å². The van der Waals surface area contributed by atoms with Crippen molar-refractivity contribution in [3.05, 3.63) is 11.1 Å². The number of esters is 1. The number of aliphatic hydroxyl groups is 3. The minimum absolute atomic E-state index is 0.0551. The lowest BCUT2D eigenvalue weighted by Gasteiger charge is -2.68. The molecule has 0 radical (unpaired) electrons. The van der Waals surface area contributed by atoms with Gasteiger partial charge >= 0.3 is 5.97 Å². The molecule has 3 aliphatic carbocycles. The molecule has 34 heavy (non-hydrogen) atoms. The Labute approximate surface area is 199 Å². The monoisotopic (exact) mass is 480 g/mol. The Morgan fingerprint density at radius 2 is 1.71 bits per heavy atom. The molecule has 3 N–H and O–H groups in total. The molecule has 2 aliphatic heterocycles. The van der Waals surface area contributed by atoms with E-state index in [4.69, 9.17) is 18.9 Å². The Hall–Kier alpha value is -1.36. The maximum atomic E-state index is 13.2. The lowest BCUT2D eigenvalue weighted by Crippen LogP contribution is -2.81. The second-order valence-electron chi connectivity index (χ2n) is 12.1. The fraction of sp³-hybridized carbons (Fsp3) is 0.840. The molecule has 2 saturated carbocycles. The molecule has 0 spiro atoms. The highest BCUT2D eigenvalue weighted by atomic mass is 16.7. The topological polar surface area (TPSA) is 132 Å². The van der Waals surface area contributed by atoms with Gasteiger partial charge in [-0.1, -0.05) is 20.8 Å². The number of carbonyl (C=O) groups excluding carboxylic acids is 2. The van der Waals surface area contributed by atoms with Gasteiger partial charge in [-0.15, -0.1) is 0 Å². The van der Waals surface area contributed by atoms with E-state index in [1.165, 1.54) is 6.92 Å². The van der Waals surface area contributed by atoms with Gasteiger partial charge in [0, 0.05) is 36.5 Å². The zero-order valence-corrected chi connectivity index (χ0v) is 20.9. The van der Waals surface area contributed by atoms with Crippen LogP contribution in [0.25, 0.3) is 0 Å². The van der Waals surface area contributed by atoms with Crippen molar-refractivity contribution >= 4 is 11.8 Å². The van der Waals surface area contributed by atoms with E-state index in [0.717, 1.165) is 0 Å². The first-order valence-electron chi connectivity index (χ1n) is 12.0. The fourth-order valence-corrected chi connectivity index (χ4v) is 7.75. The highest BCUT2D eigenvalue weighted by molar-refractivity contribution is 5.98. The summed E-state index contributed by atoms with van der Waals surface area (Å²) in [7, 11) is 0. The maximum Gasteiger partial charge on any atom is 0.303 e. The average Bonchev–Trinajstić information content (AvgIpc) is 2.79. The molecule has 5 aliphatic rings. The van der Waals surface area contributed by atoms with E-state index in [2.05, 4.69) is 0 Å². The first kappa shape index (κ1) is 24.3. The Kier molecular flexibility index (Phi) is 4.94. The van der Waals surface area contributed by atoms with E-state index in [0.29, 0.717) is 11.1 Å². The summed E-state index contributed by atoms with van der Waals surface area (Å²) in [6.45, 7) is 11.8. The van der Waals surface area contributed by atoms with Crippen LogP contribution < -0.4 is 0 Å². The summed E-state index contributed by atoms with van der Waals surface area (Å²) < 4.78 is 24.7. The van der Waals surface area contributed by atoms with E-state index in [1.807, 2.05) is 0 Å². The summed E-state index contributed by atoms with van der Waals surface area (Å²) in [5.41, 5.74) is -4.51. The van der Waals surface area contributed by atoms with E-state index < -0.39 is 70.2 Å². The SMILES string of the molecule is CC(=O)O[C@@]12CO[C@@H]1C[C@H](O)[C@]1(C)[C@@H]2[C@@H]2OC(C)(C)O[C@H]1[C@H](O)C1=C(C)C(=O)C[C@]2(O)C1(C)C. The third-order valence-corrected chi connectivity index (χ3v) is 9.54. The lowest BCUT2D eigenvalue weighted by atomic mass is 9.44. The first-order valence-corrected chi connectivity index (χ1v) is 12.0. The zero-order chi connectivity index (χ0) is 25.2. The van der Waals surface area contributed by atoms with Crippen LogP contribution in [0, 0.1) is 16.7 Å². The van der Waals surface area contributed by atoms with Crippen LogP contribution in [-0.2, 0) is 28.5 Å². The molecular formula is C25H36O9. The van der Waals surface area contributed by atoms with Crippen LogP contribution in [0.5, 0.6) is 0 Å². The van der Waals surface area contributed by atoms with Gasteiger partial charge in [-0.2, -0.15) is 0 Å². The van der Waals surface area contributed by atoms with Crippen molar-refractivity contribution in [2.45, 2.75) is 109 Å². The quantitative estimate of drug-likeness (QED) is 0.471. The third kappa shape index (κ3) is 2.71. The van der Waals surface area contributed by atoms with Gasteiger partial charge in [0.25, 0.3) is 0 Å². The molecule has 0 aromatic heterocycles. The second-order valence-corrected chi connectivity index (χ2v) is 12.1. The van der Waals surface area contributed by atoms with Gasteiger partial charge in [0.1, 0.15) is 17.8 Å². The van der Waals surface area contributed by atoms with Crippen molar-refractivity contribution in [3.63, 3.8) is 0 Å². The van der Waals surface area contributed by atoms with Crippen LogP contribution in [0.1, 0.15) is 61.3 Å². The number of fused-ring (bicyclic) bond motifs is 4. The zero-order valence-electron chi connectivity index (χ0n) is 20.9. The Morgan fingerprint density at radius 1 is 1.09 bits per heavy atom. The van der Waals surface area contributed by atoms with Crippen molar-refractivity contribution in [2.24, 2.45) is 16.7 Å². The molecule has 9 nitrogen and oxygen atoms in total. The van der Waals surface area contributed by atoms with E-state index >= 15 is 0 Å². The van der Waals surface area contributed by atoms with Crippen molar-refractivity contribution in [2.75, 3.05) is 6.61 Å². The number of ketones is 1. The number of carbonyl (C=O) groups is 2. The van der Waals surface area contributed by atoms with Gasteiger partial charge in [0.2, 0.25) is 0 Å². The standard InChI is InChI=1S/C25H36O9/c1-11-13(27)9-25(30)20-18-23(7,14(28)8-15-24(18,10-31-15)32-12(2)26)19(33-22(5,6)34-20)17(29)16(11)21(25,3)4/h14-15,17-20,28-30H,8-10H2,1-7H3/t14-,15+,17+,18-,19-,20-,23+,24-,25+/m0/s1. The summed E-state index contributed by atoms with van der Waals surface area (Å²) in [4.78, 5) is 25.5. The van der Waals surface area contributed by atoms with Gasteiger partial charge in [-0.3, -0.25) is 9.59 Å². The second kappa shape index (κ2) is 6.89. The summed E-state index contributed by atoms with van der Waals surface area (Å²) in [6.07, 6.45) is -5.11. The molecule has 9 heteroatoms. The number of rotatable bonds is 1. The molecule has 0 amide bonds. The summed E-state index contributed by atoms with van der Waals surface area (Å²) in [5.74, 6) is -2.92. The predicted octanol–water partition coefficient (Wildman–Crippen LogP) is 1.02.